The van der Waals surface area contributed by atoms with Crippen LogP contribution in [0, 0.1) is 0 Å². The summed E-state index contributed by atoms with van der Waals surface area (Å²) in [5, 5.41) is 13.7. The number of imidazole rings is 1. The number of para-hydroxylation sites is 2. The number of pyridine rings is 1. The second-order valence-electron chi connectivity index (χ2n) is 8.48. The van der Waals surface area contributed by atoms with Crippen LogP contribution in [0.4, 0.5) is 10.5 Å². The summed E-state index contributed by atoms with van der Waals surface area (Å²) in [6.45, 7) is 0.0801. The average molecular weight is 531 g/mol. The van der Waals surface area contributed by atoms with Crippen molar-refractivity contribution in [1.82, 2.24) is 19.9 Å². The van der Waals surface area contributed by atoms with Crippen molar-refractivity contribution in [3.05, 3.63) is 95.2 Å². The van der Waals surface area contributed by atoms with E-state index in [4.69, 9.17) is 15.6 Å². The number of amides is 3. The largest absolute Gasteiger partial charge is 0.465 e. The number of nitrogens with one attached hydrogen (secondary N) is 3. The molecule has 1 unspecified atom stereocenters. The van der Waals surface area contributed by atoms with Gasteiger partial charge in [0.25, 0.3) is 5.56 Å². The van der Waals surface area contributed by atoms with Crippen LogP contribution < -0.4 is 26.7 Å². The number of H-pyrrole nitrogens is 1. The molecular formula is C27H26N6O6. The van der Waals surface area contributed by atoms with Crippen LogP contribution in [0.3, 0.4) is 0 Å². The number of carbonyl (C=O) groups is 3. The number of benzene rings is 2. The summed E-state index contributed by atoms with van der Waals surface area (Å²) in [6.07, 6.45) is 2.97. The van der Waals surface area contributed by atoms with Crippen LogP contribution in [0.5, 0.6) is 11.5 Å². The third kappa shape index (κ3) is 7.10. The summed E-state index contributed by atoms with van der Waals surface area (Å²) in [7, 11) is 0. The summed E-state index contributed by atoms with van der Waals surface area (Å²) in [5.41, 5.74) is 5.82. The normalized spacial score (nSPS) is 11.8. The summed E-state index contributed by atoms with van der Waals surface area (Å²) >= 11 is 0. The van der Waals surface area contributed by atoms with Gasteiger partial charge in [-0.1, -0.05) is 30.3 Å². The van der Waals surface area contributed by atoms with Crippen LogP contribution in [0.15, 0.2) is 83.8 Å². The molecule has 0 aliphatic heterocycles. The van der Waals surface area contributed by atoms with Crippen molar-refractivity contribution >= 4 is 34.6 Å². The molecule has 3 amide bonds. The number of hydrogen-bond donors (Lipinski definition) is 5. The van der Waals surface area contributed by atoms with E-state index < -0.39 is 29.5 Å². The van der Waals surface area contributed by atoms with Crippen LogP contribution in [-0.4, -0.2) is 43.6 Å². The fourth-order valence-corrected chi connectivity index (χ4v) is 3.85. The SMILES string of the molecule is NC(=O)C=CCCC(NC(=O)O)C(=O)Nc1cccn(Cc2nc3c(Oc4ccccc4)cccc3[nH]2)c1=O. The molecule has 200 valence electrons. The maximum Gasteiger partial charge on any atom is 0.405 e. The quantitative estimate of drug-likeness (QED) is 0.185. The Bertz CT molecular complexity index is 1580. The molecule has 2 aromatic heterocycles. The first-order valence-electron chi connectivity index (χ1n) is 12.0. The molecule has 0 spiro atoms. The number of ether oxygens (including phenoxy) is 1. The predicted octanol–water partition coefficient (Wildman–Crippen LogP) is 2.96. The molecule has 2 aromatic carbocycles. The Kier molecular flexibility index (Phi) is 8.36. The molecule has 2 heterocycles. The lowest BCUT2D eigenvalue weighted by Crippen LogP contribution is -2.44. The second kappa shape index (κ2) is 12.2. The Morgan fingerprint density at radius 3 is 2.64 bits per heavy atom. The Morgan fingerprint density at radius 1 is 1.10 bits per heavy atom. The zero-order valence-corrected chi connectivity index (χ0v) is 20.7. The molecule has 0 fully saturated rings. The van der Waals surface area contributed by atoms with Gasteiger partial charge in [-0.15, -0.1) is 0 Å². The van der Waals surface area contributed by atoms with E-state index in [0.717, 1.165) is 11.6 Å². The Hall–Kier alpha value is -5.39. The van der Waals surface area contributed by atoms with Gasteiger partial charge in [-0.3, -0.25) is 14.4 Å². The topological polar surface area (TPSA) is 181 Å². The number of allylic oxidation sites excluding steroid dienone is 1. The maximum absolute atomic E-state index is 13.1. The monoisotopic (exact) mass is 530 g/mol. The van der Waals surface area contributed by atoms with E-state index in [1.54, 1.807) is 18.3 Å². The van der Waals surface area contributed by atoms with Crippen molar-refractivity contribution in [2.24, 2.45) is 5.73 Å². The zero-order chi connectivity index (χ0) is 27.8. The highest BCUT2D eigenvalue weighted by Gasteiger charge is 2.21. The van der Waals surface area contributed by atoms with E-state index in [1.165, 1.54) is 16.7 Å². The van der Waals surface area contributed by atoms with Crippen LogP contribution in [0.25, 0.3) is 11.0 Å². The molecule has 0 bridgehead atoms. The number of primary amides is 1. The second-order valence-corrected chi connectivity index (χ2v) is 8.48. The number of aromatic amines is 1. The first kappa shape index (κ1) is 26.7. The number of nitrogens with two attached hydrogens (primary N) is 1. The van der Waals surface area contributed by atoms with E-state index in [-0.39, 0.29) is 25.1 Å². The summed E-state index contributed by atoms with van der Waals surface area (Å²) in [4.78, 5) is 55.7. The van der Waals surface area contributed by atoms with E-state index in [9.17, 15) is 19.2 Å². The van der Waals surface area contributed by atoms with Crippen LogP contribution in [0.2, 0.25) is 0 Å². The number of hydrogen-bond acceptors (Lipinski definition) is 6. The minimum Gasteiger partial charge on any atom is -0.465 e. The average Bonchev–Trinajstić information content (AvgIpc) is 3.32. The van der Waals surface area contributed by atoms with E-state index in [2.05, 4.69) is 20.6 Å². The third-order valence-corrected chi connectivity index (χ3v) is 5.61. The number of anilines is 1. The number of fused-ring (bicyclic) bond motifs is 1. The highest BCUT2D eigenvalue weighted by molar-refractivity contribution is 5.96. The molecule has 0 saturated carbocycles. The predicted molar refractivity (Wildman–Crippen MR) is 144 cm³/mol. The molecule has 12 heteroatoms. The molecule has 0 aliphatic rings. The van der Waals surface area contributed by atoms with Crippen LogP contribution >= 0.6 is 0 Å². The molecule has 4 aromatic rings. The Balaban J connectivity index is 1.50. The standard InChI is InChI=1S/C27H26N6O6/c28-22(34)14-5-4-10-19(31-27(37)38)25(35)30-20-12-7-15-33(26(20)36)16-23-29-18-11-6-13-21(24(18)32-23)39-17-8-2-1-3-9-17/h1-3,5-9,11-15,19,31H,4,10,16H2,(H2,28,34)(H,29,32)(H,30,35)(H,37,38). The summed E-state index contributed by atoms with van der Waals surface area (Å²) in [5.74, 6) is 0.333. The fourth-order valence-electron chi connectivity index (χ4n) is 3.85. The van der Waals surface area contributed by atoms with Crippen molar-refractivity contribution in [1.29, 1.82) is 0 Å². The molecule has 0 aliphatic carbocycles. The molecule has 6 N–H and O–H groups in total. The van der Waals surface area contributed by atoms with Crippen LogP contribution in [-0.2, 0) is 16.1 Å². The van der Waals surface area contributed by atoms with Gasteiger partial charge < -0.3 is 35.8 Å². The van der Waals surface area contributed by atoms with Crippen LogP contribution in [0.1, 0.15) is 18.7 Å². The van der Waals surface area contributed by atoms with Gasteiger partial charge in [0.2, 0.25) is 11.8 Å². The van der Waals surface area contributed by atoms with Gasteiger partial charge in [-0.2, -0.15) is 0 Å². The lowest BCUT2D eigenvalue weighted by molar-refractivity contribution is -0.118. The molecule has 12 nitrogen and oxygen atoms in total. The molecule has 0 radical (unpaired) electrons. The highest BCUT2D eigenvalue weighted by atomic mass is 16.5. The lowest BCUT2D eigenvalue weighted by atomic mass is 10.1. The van der Waals surface area contributed by atoms with Gasteiger partial charge in [0.05, 0.1) is 12.1 Å². The van der Waals surface area contributed by atoms with Gasteiger partial charge in [-0.05, 0) is 55.3 Å². The fraction of sp³-hybridized carbons (Fsp3) is 0.148. The molecule has 39 heavy (non-hydrogen) atoms. The van der Waals surface area contributed by atoms with Crippen molar-refractivity contribution in [2.75, 3.05) is 5.32 Å². The zero-order valence-electron chi connectivity index (χ0n) is 20.7. The minimum absolute atomic E-state index is 0.0309. The van der Waals surface area contributed by atoms with E-state index in [0.29, 0.717) is 22.8 Å². The van der Waals surface area contributed by atoms with E-state index >= 15 is 0 Å². The third-order valence-electron chi connectivity index (χ3n) is 5.61. The van der Waals surface area contributed by atoms with Gasteiger partial charge in [-0.25, -0.2) is 9.78 Å². The smallest absolute Gasteiger partial charge is 0.405 e. The molecular weight excluding hydrogens is 504 g/mol. The Labute approximate surface area is 222 Å². The lowest BCUT2D eigenvalue weighted by Gasteiger charge is -2.16. The summed E-state index contributed by atoms with van der Waals surface area (Å²) < 4.78 is 7.33. The van der Waals surface area contributed by atoms with Crippen molar-refractivity contribution in [3.8, 4) is 11.5 Å². The molecule has 4 rings (SSSR count). The molecule has 0 saturated heterocycles. The first-order chi connectivity index (χ1) is 18.8. The number of carbonyl (C=O) groups excluding carboxylic acids is 2. The highest BCUT2D eigenvalue weighted by Crippen LogP contribution is 2.28. The van der Waals surface area contributed by atoms with Gasteiger partial charge >= 0.3 is 6.09 Å². The maximum atomic E-state index is 13.1. The Morgan fingerprint density at radius 2 is 1.90 bits per heavy atom. The number of rotatable bonds is 11. The molecule has 1 atom stereocenters. The van der Waals surface area contributed by atoms with Crippen molar-refractivity contribution in [3.63, 3.8) is 0 Å². The minimum atomic E-state index is -1.40. The van der Waals surface area contributed by atoms with Gasteiger partial charge in [0, 0.05) is 6.20 Å². The number of carboxylic acid groups (broad SMARTS) is 1. The first-order valence-corrected chi connectivity index (χ1v) is 12.0. The van der Waals surface area contributed by atoms with Gasteiger partial charge in [0.1, 0.15) is 28.8 Å². The number of aromatic nitrogens is 3. The van der Waals surface area contributed by atoms with E-state index in [1.807, 2.05) is 42.5 Å². The van der Waals surface area contributed by atoms with Gasteiger partial charge in [0.15, 0.2) is 5.75 Å². The van der Waals surface area contributed by atoms with Crippen molar-refractivity contribution < 1.29 is 24.2 Å². The van der Waals surface area contributed by atoms with Crippen molar-refractivity contribution in [2.45, 2.75) is 25.4 Å². The number of nitrogens with zero attached hydrogens (tertiary/aromatic N) is 2. The summed E-state index contributed by atoms with van der Waals surface area (Å²) in [6, 6.07) is 16.6.